The second-order valence-electron chi connectivity index (χ2n) is 4.17. The molecule has 0 saturated carbocycles. The zero-order valence-electron chi connectivity index (χ0n) is 10.1. The van der Waals surface area contributed by atoms with Gasteiger partial charge in [-0.1, -0.05) is 0 Å². The van der Waals surface area contributed by atoms with Crippen molar-refractivity contribution < 1.29 is 0 Å². The molecule has 0 amide bonds. The van der Waals surface area contributed by atoms with Crippen LogP contribution in [0.1, 0.15) is 12.8 Å². The smallest absolute Gasteiger partial charge is 0.0945 e. The number of imidazole rings is 1. The van der Waals surface area contributed by atoms with E-state index in [-0.39, 0.29) is 0 Å². The van der Waals surface area contributed by atoms with Crippen LogP contribution in [0, 0.1) is 3.57 Å². The van der Waals surface area contributed by atoms with Crippen molar-refractivity contribution in [1.82, 2.24) is 9.55 Å². The van der Waals surface area contributed by atoms with Crippen LogP contribution in [0.3, 0.4) is 0 Å². The lowest BCUT2D eigenvalue weighted by molar-refractivity contribution is 0.621. The highest BCUT2D eigenvalue weighted by molar-refractivity contribution is 14.1. The van der Waals surface area contributed by atoms with E-state index in [1.54, 1.807) is 0 Å². The van der Waals surface area contributed by atoms with Gasteiger partial charge in [-0.15, -0.1) is 0 Å². The lowest BCUT2D eigenvalue weighted by Crippen LogP contribution is -2.05. The second kappa shape index (κ2) is 6.63. The van der Waals surface area contributed by atoms with Crippen molar-refractivity contribution >= 4 is 34.0 Å². The number of nitrogens with zero attached hydrogens (tertiary/aromatic N) is 2. The Bertz CT molecular complexity index is 482. The van der Waals surface area contributed by atoms with Gasteiger partial charge in [0.1, 0.15) is 0 Å². The Balaban J connectivity index is 1.69. The summed E-state index contributed by atoms with van der Waals surface area (Å²) in [5.41, 5.74) is 7.78. The van der Waals surface area contributed by atoms with E-state index in [1.165, 1.54) is 0 Å². The number of nitrogens with one attached hydrogen (secondary N) is 1. The van der Waals surface area contributed by atoms with Gasteiger partial charge in [0, 0.05) is 29.1 Å². The number of anilines is 2. The van der Waals surface area contributed by atoms with Crippen LogP contribution in [0.4, 0.5) is 11.4 Å². The maximum absolute atomic E-state index is 5.93. The van der Waals surface area contributed by atoms with Gasteiger partial charge >= 0.3 is 0 Å². The predicted molar refractivity (Wildman–Crippen MR) is 83.5 cm³/mol. The first-order valence-corrected chi connectivity index (χ1v) is 7.08. The Morgan fingerprint density at radius 3 is 2.94 bits per heavy atom. The van der Waals surface area contributed by atoms with Gasteiger partial charge in [0.15, 0.2) is 0 Å². The summed E-state index contributed by atoms with van der Waals surface area (Å²) in [6.07, 6.45) is 7.90. The molecule has 4 nitrogen and oxygen atoms in total. The third kappa shape index (κ3) is 3.90. The van der Waals surface area contributed by atoms with Crippen molar-refractivity contribution in [3.63, 3.8) is 0 Å². The minimum Gasteiger partial charge on any atom is -0.397 e. The maximum Gasteiger partial charge on any atom is 0.0945 e. The van der Waals surface area contributed by atoms with Crippen LogP contribution in [0.5, 0.6) is 0 Å². The van der Waals surface area contributed by atoms with Gasteiger partial charge in [-0.3, -0.25) is 0 Å². The van der Waals surface area contributed by atoms with Gasteiger partial charge in [0.25, 0.3) is 0 Å². The fourth-order valence-electron chi connectivity index (χ4n) is 1.76. The predicted octanol–water partition coefficient (Wildman–Crippen LogP) is 2.96. The molecule has 0 spiro atoms. The van der Waals surface area contributed by atoms with Crippen LogP contribution in [0.2, 0.25) is 0 Å². The van der Waals surface area contributed by atoms with E-state index in [9.17, 15) is 0 Å². The van der Waals surface area contributed by atoms with Crippen molar-refractivity contribution in [1.29, 1.82) is 0 Å². The fourth-order valence-corrected chi connectivity index (χ4v) is 2.27. The van der Waals surface area contributed by atoms with E-state index in [4.69, 9.17) is 5.73 Å². The Morgan fingerprint density at radius 1 is 1.33 bits per heavy atom. The zero-order chi connectivity index (χ0) is 12.8. The largest absolute Gasteiger partial charge is 0.397 e. The normalized spacial score (nSPS) is 10.5. The number of rotatable bonds is 6. The van der Waals surface area contributed by atoms with E-state index in [1.807, 2.05) is 30.9 Å². The Morgan fingerprint density at radius 2 is 2.22 bits per heavy atom. The van der Waals surface area contributed by atoms with Crippen molar-refractivity contribution in [2.45, 2.75) is 19.4 Å². The average molecular weight is 356 g/mol. The van der Waals surface area contributed by atoms with E-state index < -0.39 is 0 Å². The number of hydrogen-bond donors (Lipinski definition) is 2. The highest BCUT2D eigenvalue weighted by Crippen LogP contribution is 2.20. The number of aryl methyl sites for hydroxylation is 1. The summed E-state index contributed by atoms with van der Waals surface area (Å²) in [6, 6.07) is 6.08. The lowest BCUT2D eigenvalue weighted by atomic mass is 10.2. The monoisotopic (exact) mass is 356 g/mol. The minimum atomic E-state index is 0.816. The van der Waals surface area contributed by atoms with Gasteiger partial charge < -0.3 is 15.6 Å². The van der Waals surface area contributed by atoms with Gasteiger partial charge in [0.05, 0.1) is 17.7 Å². The highest BCUT2D eigenvalue weighted by atomic mass is 127. The summed E-state index contributed by atoms with van der Waals surface area (Å²) in [4.78, 5) is 4.02. The van der Waals surface area contributed by atoms with Gasteiger partial charge in [-0.25, -0.2) is 4.98 Å². The molecule has 0 radical (unpaired) electrons. The molecule has 1 heterocycles. The Hall–Kier alpha value is -1.24. The van der Waals surface area contributed by atoms with E-state index in [0.717, 1.165) is 40.9 Å². The van der Waals surface area contributed by atoms with Crippen molar-refractivity contribution in [3.8, 4) is 0 Å². The molecule has 0 unspecified atom stereocenters. The van der Waals surface area contributed by atoms with Gasteiger partial charge in [-0.2, -0.15) is 0 Å². The van der Waals surface area contributed by atoms with E-state index >= 15 is 0 Å². The topological polar surface area (TPSA) is 55.9 Å². The summed E-state index contributed by atoms with van der Waals surface area (Å²) in [7, 11) is 0. The van der Waals surface area contributed by atoms with Crippen LogP contribution in [-0.4, -0.2) is 16.1 Å². The minimum absolute atomic E-state index is 0.816. The van der Waals surface area contributed by atoms with Crippen LogP contribution in [-0.2, 0) is 6.54 Å². The van der Waals surface area contributed by atoms with E-state index in [2.05, 4.69) is 43.5 Å². The van der Waals surface area contributed by atoms with Crippen LogP contribution < -0.4 is 11.1 Å². The summed E-state index contributed by atoms with van der Waals surface area (Å²) in [5, 5.41) is 3.37. The molecule has 2 rings (SSSR count). The first kappa shape index (κ1) is 13.2. The summed E-state index contributed by atoms with van der Waals surface area (Å²) in [5.74, 6) is 0. The molecular formula is C13H17IN4. The summed E-state index contributed by atoms with van der Waals surface area (Å²) in [6.45, 7) is 1.96. The molecule has 0 aliphatic heterocycles. The molecular weight excluding hydrogens is 339 g/mol. The molecule has 0 fully saturated rings. The molecule has 0 saturated heterocycles. The molecule has 0 bridgehead atoms. The fraction of sp³-hybridized carbons (Fsp3) is 0.308. The van der Waals surface area contributed by atoms with Gasteiger partial charge in [0.2, 0.25) is 0 Å². The number of benzene rings is 1. The second-order valence-corrected chi connectivity index (χ2v) is 5.41. The number of nitrogens with two attached hydrogens (primary N) is 1. The summed E-state index contributed by atoms with van der Waals surface area (Å²) >= 11 is 2.26. The Labute approximate surface area is 121 Å². The van der Waals surface area contributed by atoms with E-state index in [0.29, 0.717) is 0 Å². The Kier molecular flexibility index (Phi) is 4.86. The number of aromatic nitrogens is 2. The highest BCUT2D eigenvalue weighted by Gasteiger charge is 1.98. The molecule has 1 aromatic heterocycles. The molecule has 1 aromatic carbocycles. The number of nitrogen functional groups attached to an aromatic ring is 1. The standard InChI is InChI=1S/C13H17IN4/c14-11-3-4-13(12(15)9-11)17-5-1-2-7-18-8-6-16-10-18/h3-4,6,8-10,17H,1-2,5,7,15H2. The molecule has 0 aliphatic carbocycles. The molecule has 0 aliphatic rings. The quantitative estimate of drug-likeness (QED) is 0.475. The first-order valence-electron chi connectivity index (χ1n) is 6.00. The third-order valence-corrected chi connectivity index (χ3v) is 3.40. The molecule has 5 heteroatoms. The lowest BCUT2D eigenvalue weighted by Gasteiger charge is -2.09. The SMILES string of the molecule is Nc1cc(I)ccc1NCCCCn1ccnc1. The first-order chi connectivity index (χ1) is 8.75. The molecule has 3 N–H and O–H groups in total. The molecule has 2 aromatic rings. The van der Waals surface area contributed by atoms with Crippen molar-refractivity contribution in [2.75, 3.05) is 17.6 Å². The summed E-state index contributed by atoms with van der Waals surface area (Å²) < 4.78 is 3.26. The number of halogens is 1. The molecule has 18 heavy (non-hydrogen) atoms. The van der Waals surface area contributed by atoms with Crippen molar-refractivity contribution in [3.05, 3.63) is 40.5 Å². The zero-order valence-corrected chi connectivity index (χ0v) is 12.3. The maximum atomic E-state index is 5.93. The van der Waals surface area contributed by atoms with Crippen LogP contribution >= 0.6 is 22.6 Å². The van der Waals surface area contributed by atoms with Crippen LogP contribution in [0.15, 0.2) is 36.9 Å². The number of hydrogen-bond acceptors (Lipinski definition) is 3. The third-order valence-electron chi connectivity index (χ3n) is 2.73. The molecule has 0 atom stereocenters. The van der Waals surface area contributed by atoms with Crippen molar-refractivity contribution in [2.24, 2.45) is 0 Å². The number of unbranched alkanes of at least 4 members (excludes halogenated alkanes) is 1. The molecule has 96 valence electrons. The van der Waals surface area contributed by atoms with Crippen LogP contribution in [0.25, 0.3) is 0 Å². The van der Waals surface area contributed by atoms with Gasteiger partial charge in [-0.05, 0) is 53.6 Å². The average Bonchev–Trinajstić information content (AvgIpc) is 2.84.